The van der Waals surface area contributed by atoms with Gasteiger partial charge in [-0.3, -0.25) is 9.78 Å². The van der Waals surface area contributed by atoms with E-state index in [2.05, 4.69) is 15.3 Å². The third kappa shape index (κ3) is 3.46. The number of aromatic amines is 1. The van der Waals surface area contributed by atoms with Crippen LogP contribution in [0.25, 0.3) is 0 Å². The van der Waals surface area contributed by atoms with Crippen molar-refractivity contribution in [2.24, 2.45) is 0 Å². The molecule has 0 unspecified atom stereocenters. The summed E-state index contributed by atoms with van der Waals surface area (Å²) in [6.07, 6.45) is 4.07. The summed E-state index contributed by atoms with van der Waals surface area (Å²) >= 11 is 5.01. The Hall–Kier alpha value is -2.05. The van der Waals surface area contributed by atoms with E-state index in [9.17, 15) is 9.90 Å². The fraction of sp³-hybridized carbons (Fsp3) is 0.154. The Kier molecular flexibility index (Phi) is 4.38. The van der Waals surface area contributed by atoms with Gasteiger partial charge in [0.2, 0.25) is 0 Å². The second-order valence-corrected chi connectivity index (χ2v) is 4.33. The highest BCUT2D eigenvalue weighted by molar-refractivity contribution is 7.71. The van der Waals surface area contributed by atoms with Gasteiger partial charge < -0.3 is 15.4 Å². The maximum atomic E-state index is 11.9. The molecule has 0 fully saturated rings. The van der Waals surface area contributed by atoms with Crippen LogP contribution in [-0.2, 0) is 0 Å². The van der Waals surface area contributed by atoms with E-state index >= 15 is 0 Å². The number of aromatic nitrogens is 2. The van der Waals surface area contributed by atoms with Crippen molar-refractivity contribution in [2.45, 2.75) is 6.10 Å². The molecule has 19 heavy (non-hydrogen) atoms. The van der Waals surface area contributed by atoms with Gasteiger partial charge in [-0.25, -0.2) is 0 Å². The molecule has 0 aliphatic rings. The van der Waals surface area contributed by atoms with Crippen LogP contribution in [0.1, 0.15) is 22.0 Å². The van der Waals surface area contributed by atoms with E-state index in [4.69, 9.17) is 12.2 Å². The zero-order valence-electron chi connectivity index (χ0n) is 10.0. The number of hydrogen-bond donors (Lipinski definition) is 3. The van der Waals surface area contributed by atoms with E-state index in [1.165, 1.54) is 0 Å². The summed E-state index contributed by atoms with van der Waals surface area (Å²) in [5.74, 6) is -0.310. The quantitative estimate of drug-likeness (QED) is 0.741. The number of aliphatic hydroxyl groups is 1. The van der Waals surface area contributed by atoms with Gasteiger partial charge >= 0.3 is 0 Å². The van der Waals surface area contributed by atoms with Crippen LogP contribution in [0.3, 0.4) is 0 Å². The highest BCUT2D eigenvalue weighted by atomic mass is 32.1. The Balaban J connectivity index is 1.98. The van der Waals surface area contributed by atoms with Gasteiger partial charge in [-0.05, 0) is 29.8 Å². The lowest BCUT2D eigenvalue weighted by Crippen LogP contribution is -2.28. The number of carbonyl (C=O) groups is 1. The van der Waals surface area contributed by atoms with Crippen LogP contribution in [0.2, 0.25) is 0 Å². The van der Waals surface area contributed by atoms with Gasteiger partial charge in [0.25, 0.3) is 5.91 Å². The van der Waals surface area contributed by atoms with E-state index in [0.717, 1.165) is 0 Å². The molecule has 1 amide bonds. The normalized spacial score (nSPS) is 11.8. The molecule has 0 radical (unpaired) electrons. The average molecular weight is 275 g/mol. The first-order chi connectivity index (χ1) is 9.18. The number of carbonyl (C=O) groups excluding carboxylic acids is 1. The molecule has 0 spiro atoms. The summed E-state index contributed by atoms with van der Waals surface area (Å²) < 4.78 is 0.374. The predicted molar refractivity (Wildman–Crippen MR) is 73.2 cm³/mol. The van der Waals surface area contributed by atoms with E-state index < -0.39 is 6.10 Å². The highest BCUT2D eigenvalue weighted by Gasteiger charge is 2.11. The molecule has 0 aromatic carbocycles. The van der Waals surface area contributed by atoms with Gasteiger partial charge in [0.15, 0.2) is 0 Å². The van der Waals surface area contributed by atoms with E-state index in [1.54, 1.807) is 42.9 Å². The average Bonchev–Trinajstić information content (AvgIpc) is 2.46. The van der Waals surface area contributed by atoms with Crippen LogP contribution in [0.15, 0.2) is 42.9 Å². The lowest BCUT2D eigenvalue weighted by molar-refractivity contribution is 0.0915. The van der Waals surface area contributed by atoms with Crippen molar-refractivity contribution in [1.82, 2.24) is 15.3 Å². The Morgan fingerprint density at radius 2 is 2.16 bits per heavy atom. The van der Waals surface area contributed by atoms with Gasteiger partial charge in [0.05, 0.1) is 11.7 Å². The molecule has 2 rings (SSSR count). The number of nitrogens with one attached hydrogen (secondary N) is 2. The largest absolute Gasteiger partial charge is 0.387 e. The van der Waals surface area contributed by atoms with Crippen molar-refractivity contribution >= 4 is 18.1 Å². The van der Waals surface area contributed by atoms with E-state index in [0.29, 0.717) is 15.8 Å². The summed E-state index contributed by atoms with van der Waals surface area (Å²) in [6.45, 7) is 0.118. The Morgan fingerprint density at radius 1 is 1.42 bits per heavy atom. The minimum atomic E-state index is -0.770. The molecular weight excluding hydrogens is 262 g/mol. The molecule has 5 nitrogen and oxygen atoms in total. The summed E-state index contributed by atoms with van der Waals surface area (Å²) in [4.78, 5) is 18.5. The maximum Gasteiger partial charge on any atom is 0.254 e. The molecule has 98 valence electrons. The van der Waals surface area contributed by atoms with E-state index in [1.807, 2.05) is 0 Å². The third-order valence-electron chi connectivity index (χ3n) is 2.61. The fourth-order valence-electron chi connectivity index (χ4n) is 1.59. The summed E-state index contributed by atoms with van der Waals surface area (Å²) in [6, 6.07) is 6.73. The first-order valence-corrected chi connectivity index (χ1v) is 6.13. The SMILES string of the molecule is O=C(NC[C@H](O)c1ccncc1)c1ccc[nH]c1=S. The lowest BCUT2D eigenvalue weighted by Gasteiger charge is -2.11. The van der Waals surface area contributed by atoms with Crippen molar-refractivity contribution in [1.29, 1.82) is 0 Å². The number of hydrogen-bond acceptors (Lipinski definition) is 4. The van der Waals surface area contributed by atoms with Crippen LogP contribution in [0.5, 0.6) is 0 Å². The summed E-state index contributed by atoms with van der Waals surface area (Å²) in [5, 5.41) is 12.6. The molecule has 1 atom stereocenters. The Bertz CT molecular complexity index is 613. The van der Waals surface area contributed by atoms with Gasteiger partial charge in [0, 0.05) is 25.1 Å². The number of H-pyrrole nitrogens is 1. The molecular formula is C13H13N3O2S. The number of amides is 1. The summed E-state index contributed by atoms with van der Waals surface area (Å²) in [7, 11) is 0. The van der Waals surface area contributed by atoms with Crippen molar-refractivity contribution in [2.75, 3.05) is 6.54 Å². The molecule has 0 saturated heterocycles. The second kappa shape index (κ2) is 6.21. The molecule has 0 saturated carbocycles. The van der Waals surface area contributed by atoms with Gasteiger partial charge in [-0.1, -0.05) is 12.2 Å². The summed E-state index contributed by atoms with van der Waals surface area (Å²) in [5.41, 5.74) is 1.09. The number of nitrogens with zero attached hydrogens (tertiary/aromatic N) is 1. The number of rotatable bonds is 4. The van der Waals surface area contributed by atoms with Crippen LogP contribution in [0.4, 0.5) is 0 Å². The molecule has 3 N–H and O–H groups in total. The molecule has 0 bridgehead atoms. The standard InChI is InChI=1S/C13H13N3O2S/c17-11(9-3-6-14-7-4-9)8-16-12(18)10-2-1-5-15-13(10)19/h1-7,11,17H,8H2,(H,15,19)(H,16,18)/t11-/m0/s1. The van der Waals surface area contributed by atoms with Crippen molar-refractivity contribution in [3.63, 3.8) is 0 Å². The smallest absolute Gasteiger partial charge is 0.254 e. The molecule has 0 aliphatic carbocycles. The van der Waals surface area contributed by atoms with Crippen LogP contribution in [-0.4, -0.2) is 27.5 Å². The Labute approximate surface area is 115 Å². The second-order valence-electron chi connectivity index (χ2n) is 3.92. The molecule has 0 aliphatic heterocycles. The van der Waals surface area contributed by atoms with Crippen molar-refractivity contribution in [3.05, 3.63) is 58.6 Å². The highest BCUT2D eigenvalue weighted by Crippen LogP contribution is 2.10. The van der Waals surface area contributed by atoms with Gasteiger partial charge in [-0.2, -0.15) is 0 Å². The van der Waals surface area contributed by atoms with Gasteiger partial charge in [0.1, 0.15) is 4.64 Å². The van der Waals surface area contributed by atoms with E-state index in [-0.39, 0.29) is 12.5 Å². The fourth-order valence-corrected chi connectivity index (χ4v) is 1.82. The van der Waals surface area contributed by atoms with Crippen molar-refractivity contribution in [3.8, 4) is 0 Å². The maximum absolute atomic E-state index is 11.9. The lowest BCUT2D eigenvalue weighted by atomic mass is 10.1. The zero-order chi connectivity index (χ0) is 13.7. The van der Waals surface area contributed by atoms with Crippen LogP contribution < -0.4 is 5.32 Å². The predicted octanol–water partition coefficient (Wildman–Crippen LogP) is 1.60. The van der Waals surface area contributed by atoms with Gasteiger partial charge in [-0.15, -0.1) is 0 Å². The minimum absolute atomic E-state index is 0.118. The Morgan fingerprint density at radius 3 is 2.84 bits per heavy atom. The number of pyridine rings is 2. The zero-order valence-corrected chi connectivity index (χ0v) is 10.9. The molecule has 2 aromatic rings. The van der Waals surface area contributed by atoms with Crippen LogP contribution >= 0.6 is 12.2 Å². The van der Waals surface area contributed by atoms with Crippen molar-refractivity contribution < 1.29 is 9.90 Å². The molecule has 2 aromatic heterocycles. The molecule has 6 heteroatoms. The first kappa shape index (κ1) is 13.4. The monoisotopic (exact) mass is 275 g/mol. The minimum Gasteiger partial charge on any atom is -0.387 e. The third-order valence-corrected chi connectivity index (χ3v) is 2.95. The van der Waals surface area contributed by atoms with Crippen LogP contribution in [0, 0.1) is 4.64 Å². The number of aliphatic hydroxyl groups excluding tert-OH is 1. The topological polar surface area (TPSA) is 78.0 Å². The molecule has 2 heterocycles. The first-order valence-electron chi connectivity index (χ1n) is 5.72.